The van der Waals surface area contributed by atoms with Crippen LogP contribution >= 0.6 is 0 Å². The lowest BCUT2D eigenvalue weighted by Crippen LogP contribution is -2.14. The zero-order chi connectivity index (χ0) is 14.3. The maximum absolute atomic E-state index is 12.8. The van der Waals surface area contributed by atoms with Crippen LogP contribution < -0.4 is 11.3 Å². The second kappa shape index (κ2) is 4.48. The maximum atomic E-state index is 12.8. The fraction of sp³-hybridized carbons (Fsp3) is 0.333. The number of hydrogen-bond donors (Lipinski definition) is 2. The van der Waals surface area contributed by atoms with Gasteiger partial charge in [0.15, 0.2) is 5.82 Å². The van der Waals surface area contributed by atoms with Gasteiger partial charge in [-0.15, -0.1) is 0 Å². The molecule has 0 aliphatic heterocycles. The van der Waals surface area contributed by atoms with Gasteiger partial charge in [-0.3, -0.25) is 0 Å². The molecule has 1 aliphatic rings. The summed E-state index contributed by atoms with van der Waals surface area (Å²) in [5.41, 5.74) is 2.20. The van der Waals surface area contributed by atoms with Crippen molar-refractivity contribution in [1.82, 2.24) is 14.8 Å². The van der Waals surface area contributed by atoms with Crippen LogP contribution in [0.4, 0.5) is 19.0 Å². The second-order valence-electron chi connectivity index (χ2n) is 4.70. The Morgan fingerprint density at radius 2 is 2.05 bits per heavy atom. The minimum Gasteiger partial charge on any atom is -0.308 e. The molecule has 3 N–H and O–H groups in total. The Hall–Kier alpha value is -2.09. The van der Waals surface area contributed by atoms with Crippen LogP contribution in [-0.2, 0) is 6.18 Å². The normalized spacial score (nSPS) is 15.4. The Balaban J connectivity index is 2.02. The molecule has 1 fully saturated rings. The van der Waals surface area contributed by atoms with Gasteiger partial charge >= 0.3 is 6.18 Å². The van der Waals surface area contributed by atoms with E-state index in [-0.39, 0.29) is 11.6 Å². The highest BCUT2D eigenvalue weighted by Crippen LogP contribution is 2.39. The number of anilines is 1. The molecular formula is C12H12F3N5. The number of hydrogen-bond acceptors (Lipinski definition) is 4. The van der Waals surface area contributed by atoms with Gasteiger partial charge in [-0.05, 0) is 31.0 Å². The lowest BCUT2D eigenvalue weighted by Gasteiger charge is -2.11. The van der Waals surface area contributed by atoms with Crippen molar-refractivity contribution in [3.8, 4) is 5.82 Å². The Bertz CT molecular complexity index is 630. The highest BCUT2D eigenvalue weighted by Gasteiger charge is 2.32. The van der Waals surface area contributed by atoms with E-state index in [4.69, 9.17) is 5.84 Å². The third-order valence-electron chi connectivity index (χ3n) is 3.13. The van der Waals surface area contributed by atoms with Crippen molar-refractivity contribution < 1.29 is 13.2 Å². The molecule has 8 heteroatoms. The fourth-order valence-electron chi connectivity index (χ4n) is 1.93. The Morgan fingerprint density at radius 3 is 2.65 bits per heavy atom. The average molecular weight is 283 g/mol. The van der Waals surface area contributed by atoms with Gasteiger partial charge in [0, 0.05) is 12.1 Å². The van der Waals surface area contributed by atoms with E-state index in [1.807, 2.05) is 0 Å². The summed E-state index contributed by atoms with van der Waals surface area (Å²) in [4.78, 5) is 3.99. The number of halogens is 3. The van der Waals surface area contributed by atoms with Gasteiger partial charge in [0.25, 0.3) is 0 Å². The summed E-state index contributed by atoms with van der Waals surface area (Å²) < 4.78 is 39.8. The van der Waals surface area contributed by atoms with Crippen molar-refractivity contribution >= 4 is 5.82 Å². The van der Waals surface area contributed by atoms with Crippen LogP contribution in [0.3, 0.4) is 0 Å². The van der Waals surface area contributed by atoms with Gasteiger partial charge in [-0.1, -0.05) is 0 Å². The molecule has 2 aromatic rings. The van der Waals surface area contributed by atoms with E-state index in [0.717, 1.165) is 30.7 Å². The highest BCUT2D eigenvalue weighted by atomic mass is 19.4. The van der Waals surface area contributed by atoms with E-state index in [1.165, 1.54) is 4.68 Å². The summed E-state index contributed by atoms with van der Waals surface area (Å²) in [6, 6.07) is 3.61. The van der Waals surface area contributed by atoms with Gasteiger partial charge in [-0.2, -0.15) is 18.3 Å². The van der Waals surface area contributed by atoms with Crippen LogP contribution in [0, 0.1) is 0 Å². The van der Waals surface area contributed by atoms with Gasteiger partial charge in [-0.25, -0.2) is 15.5 Å². The molecule has 2 heterocycles. The topological polar surface area (TPSA) is 68.8 Å². The second-order valence-corrected chi connectivity index (χ2v) is 4.70. The Kier molecular flexibility index (Phi) is 2.89. The van der Waals surface area contributed by atoms with E-state index < -0.39 is 11.7 Å². The number of nitrogens with one attached hydrogen (secondary N) is 1. The monoisotopic (exact) mass is 283 g/mol. The van der Waals surface area contributed by atoms with Crippen molar-refractivity contribution in [1.29, 1.82) is 0 Å². The average Bonchev–Trinajstić information content (AvgIpc) is 3.15. The largest absolute Gasteiger partial charge is 0.416 e. The third-order valence-corrected chi connectivity index (χ3v) is 3.13. The number of nitrogens with two attached hydrogens (primary N) is 1. The zero-order valence-electron chi connectivity index (χ0n) is 10.4. The highest BCUT2D eigenvalue weighted by molar-refractivity contribution is 5.44. The summed E-state index contributed by atoms with van der Waals surface area (Å²) in [5.74, 6) is 5.61. The van der Waals surface area contributed by atoms with Crippen molar-refractivity contribution in [3.63, 3.8) is 0 Å². The molecule has 0 bridgehead atoms. The van der Waals surface area contributed by atoms with E-state index >= 15 is 0 Å². The summed E-state index contributed by atoms with van der Waals surface area (Å²) in [7, 11) is 0. The molecule has 0 saturated heterocycles. The number of rotatable bonds is 3. The number of nitrogens with zero attached hydrogens (tertiary/aromatic N) is 3. The van der Waals surface area contributed by atoms with Gasteiger partial charge in [0.05, 0.1) is 11.3 Å². The molecule has 0 aromatic carbocycles. The van der Waals surface area contributed by atoms with Gasteiger partial charge in [0.2, 0.25) is 0 Å². The molecule has 0 atom stereocenters. The molecule has 1 saturated carbocycles. The van der Waals surface area contributed by atoms with Gasteiger partial charge in [0.1, 0.15) is 5.82 Å². The molecule has 2 aromatic heterocycles. The quantitative estimate of drug-likeness (QED) is 0.670. The summed E-state index contributed by atoms with van der Waals surface area (Å²) in [6.45, 7) is 0. The molecule has 0 radical (unpaired) electrons. The SMILES string of the molecule is NNc1cc(C(F)(F)F)cc(-n2ccc(C3CC3)n2)n1. The summed E-state index contributed by atoms with van der Waals surface area (Å²) in [6.07, 6.45) is -0.711. The first-order valence-electron chi connectivity index (χ1n) is 6.09. The van der Waals surface area contributed by atoms with E-state index in [1.54, 1.807) is 12.3 Å². The first-order valence-corrected chi connectivity index (χ1v) is 6.09. The smallest absolute Gasteiger partial charge is 0.308 e. The Morgan fingerprint density at radius 1 is 1.30 bits per heavy atom. The summed E-state index contributed by atoms with van der Waals surface area (Å²) >= 11 is 0. The standard InChI is InChI=1S/C12H12F3N5/c13-12(14,15)8-5-10(18-16)17-11(6-8)20-4-3-9(19-20)7-1-2-7/h3-7H,1-2,16H2,(H,17,18). The predicted molar refractivity (Wildman–Crippen MR) is 66.1 cm³/mol. The van der Waals surface area contributed by atoms with E-state index in [9.17, 15) is 13.2 Å². The minimum absolute atomic E-state index is 0.0571. The molecular weight excluding hydrogens is 271 g/mol. The van der Waals surface area contributed by atoms with Crippen LogP contribution in [0.2, 0.25) is 0 Å². The van der Waals surface area contributed by atoms with Crippen molar-refractivity contribution in [2.45, 2.75) is 24.9 Å². The molecule has 5 nitrogen and oxygen atoms in total. The molecule has 3 rings (SSSR count). The first-order chi connectivity index (χ1) is 9.47. The fourth-order valence-corrected chi connectivity index (χ4v) is 1.93. The molecule has 20 heavy (non-hydrogen) atoms. The molecule has 0 amide bonds. The third kappa shape index (κ3) is 2.46. The van der Waals surface area contributed by atoms with Crippen LogP contribution in [0.5, 0.6) is 0 Å². The number of nitrogen functional groups attached to an aromatic ring is 1. The van der Waals surface area contributed by atoms with Crippen molar-refractivity contribution in [2.75, 3.05) is 5.43 Å². The number of pyridine rings is 1. The van der Waals surface area contributed by atoms with Crippen LogP contribution in [0.1, 0.15) is 30.0 Å². The zero-order valence-corrected chi connectivity index (χ0v) is 10.4. The molecule has 0 unspecified atom stereocenters. The van der Waals surface area contributed by atoms with E-state index in [2.05, 4.69) is 15.5 Å². The number of aromatic nitrogens is 3. The number of alkyl halides is 3. The summed E-state index contributed by atoms with van der Waals surface area (Å²) in [5, 5.41) is 4.26. The van der Waals surface area contributed by atoms with Crippen LogP contribution in [0.15, 0.2) is 24.4 Å². The van der Waals surface area contributed by atoms with E-state index in [0.29, 0.717) is 5.92 Å². The van der Waals surface area contributed by atoms with Gasteiger partial charge < -0.3 is 5.43 Å². The maximum Gasteiger partial charge on any atom is 0.416 e. The molecule has 0 spiro atoms. The lowest BCUT2D eigenvalue weighted by atomic mass is 10.2. The molecule has 106 valence electrons. The predicted octanol–water partition coefficient (Wildman–Crippen LogP) is 2.45. The van der Waals surface area contributed by atoms with Crippen LogP contribution in [0.25, 0.3) is 5.82 Å². The minimum atomic E-state index is -4.46. The van der Waals surface area contributed by atoms with Crippen molar-refractivity contribution in [3.05, 3.63) is 35.7 Å². The Labute approximate surface area is 112 Å². The van der Waals surface area contributed by atoms with Crippen LogP contribution in [-0.4, -0.2) is 14.8 Å². The lowest BCUT2D eigenvalue weighted by molar-refractivity contribution is -0.137. The van der Waals surface area contributed by atoms with Crippen molar-refractivity contribution in [2.24, 2.45) is 5.84 Å². The molecule has 1 aliphatic carbocycles. The first kappa shape index (κ1) is 12.9. The number of hydrazine groups is 1.